The Morgan fingerprint density at radius 2 is 1.52 bits per heavy atom. The van der Waals surface area contributed by atoms with Crippen LogP contribution in [0.25, 0.3) is 0 Å². The molecule has 0 unspecified atom stereocenters. The minimum absolute atomic E-state index is 0.135. The predicted octanol–water partition coefficient (Wildman–Crippen LogP) is 3.00. The van der Waals surface area contributed by atoms with E-state index in [0.717, 1.165) is 36.4 Å². The van der Waals surface area contributed by atoms with Gasteiger partial charge in [-0.1, -0.05) is 0 Å². The Bertz CT molecular complexity index is 615. The van der Waals surface area contributed by atoms with Gasteiger partial charge in [0, 0.05) is 30.6 Å². The van der Waals surface area contributed by atoms with E-state index >= 15 is 0 Å². The van der Waals surface area contributed by atoms with E-state index in [4.69, 9.17) is 0 Å². The number of rotatable bonds is 2. The molecule has 4 bridgehead atoms. The Balaban J connectivity index is 1.32. The molecule has 5 heteroatoms. The van der Waals surface area contributed by atoms with Crippen molar-refractivity contribution in [1.29, 1.82) is 0 Å². The SMILES string of the molecule is O=C(c1csc(C(=O)N2C[C@H]3CC[C@H]2C3)c1)N1C[C@H]2CC[C@H]1C2. The van der Waals surface area contributed by atoms with Gasteiger partial charge in [0.05, 0.1) is 10.4 Å². The number of thiophene rings is 1. The lowest BCUT2D eigenvalue weighted by Crippen LogP contribution is -2.38. The van der Waals surface area contributed by atoms with E-state index in [1.165, 1.54) is 37.0 Å². The van der Waals surface area contributed by atoms with Crippen molar-refractivity contribution in [3.8, 4) is 0 Å². The summed E-state index contributed by atoms with van der Waals surface area (Å²) in [6, 6.07) is 2.73. The molecule has 4 atom stereocenters. The first-order valence-corrected chi connectivity index (χ1v) is 9.77. The standard InChI is InChI=1S/C18H22N2O2S/c21-17(19-8-11-1-3-14(19)5-11)13-7-16(23-10-13)18(22)20-9-12-2-4-15(20)6-12/h7,10-12,14-15H,1-6,8-9H2/t11-,12-,14-,15-/m0/s1. The van der Waals surface area contributed by atoms with Gasteiger partial charge in [0.1, 0.15) is 0 Å². The topological polar surface area (TPSA) is 40.6 Å². The lowest BCUT2D eigenvalue weighted by Gasteiger charge is -2.27. The summed E-state index contributed by atoms with van der Waals surface area (Å²) in [5.41, 5.74) is 0.718. The van der Waals surface area contributed by atoms with E-state index in [9.17, 15) is 9.59 Å². The van der Waals surface area contributed by atoms with Crippen molar-refractivity contribution in [2.75, 3.05) is 13.1 Å². The molecular formula is C18H22N2O2S. The van der Waals surface area contributed by atoms with Gasteiger partial charge in [-0.05, 0) is 56.4 Å². The normalized spacial score (nSPS) is 34.6. The monoisotopic (exact) mass is 330 g/mol. The van der Waals surface area contributed by atoms with Gasteiger partial charge in [0.2, 0.25) is 0 Å². The van der Waals surface area contributed by atoms with E-state index < -0.39 is 0 Å². The van der Waals surface area contributed by atoms with Crippen LogP contribution in [-0.2, 0) is 0 Å². The minimum atomic E-state index is 0.135. The van der Waals surface area contributed by atoms with E-state index in [1.54, 1.807) is 0 Å². The molecule has 5 rings (SSSR count). The second-order valence-corrected chi connectivity index (χ2v) is 8.69. The smallest absolute Gasteiger partial charge is 0.264 e. The van der Waals surface area contributed by atoms with Crippen molar-refractivity contribution < 1.29 is 9.59 Å². The molecule has 122 valence electrons. The second kappa shape index (κ2) is 5.07. The third-order valence-corrected chi connectivity index (χ3v) is 7.32. The first-order valence-electron chi connectivity index (χ1n) is 8.89. The highest BCUT2D eigenvalue weighted by atomic mass is 32.1. The number of likely N-dealkylation sites (tertiary alicyclic amines) is 2. The minimum Gasteiger partial charge on any atom is -0.335 e. The first kappa shape index (κ1) is 14.0. The summed E-state index contributed by atoms with van der Waals surface area (Å²) in [4.78, 5) is 30.3. The third-order valence-electron chi connectivity index (χ3n) is 6.40. The van der Waals surface area contributed by atoms with Crippen molar-refractivity contribution in [3.63, 3.8) is 0 Å². The van der Waals surface area contributed by atoms with Crippen molar-refractivity contribution in [2.45, 2.75) is 50.6 Å². The molecule has 1 aromatic rings. The van der Waals surface area contributed by atoms with E-state index in [-0.39, 0.29) is 11.8 Å². The molecule has 4 fully saturated rings. The number of nitrogens with zero attached hydrogens (tertiary/aromatic N) is 2. The lowest BCUT2D eigenvalue weighted by atomic mass is 10.1. The Morgan fingerprint density at radius 1 is 0.913 bits per heavy atom. The predicted molar refractivity (Wildman–Crippen MR) is 88.7 cm³/mol. The molecule has 2 saturated heterocycles. The van der Waals surface area contributed by atoms with Gasteiger partial charge in [-0.2, -0.15) is 0 Å². The number of hydrogen-bond donors (Lipinski definition) is 0. The lowest BCUT2D eigenvalue weighted by molar-refractivity contribution is 0.0704. The number of fused-ring (bicyclic) bond motifs is 4. The van der Waals surface area contributed by atoms with Crippen molar-refractivity contribution in [3.05, 3.63) is 21.9 Å². The van der Waals surface area contributed by atoms with Gasteiger partial charge >= 0.3 is 0 Å². The Kier molecular flexibility index (Phi) is 3.09. The number of piperidine rings is 2. The molecule has 2 saturated carbocycles. The van der Waals surface area contributed by atoms with Gasteiger partial charge in [0.25, 0.3) is 11.8 Å². The molecule has 2 aliphatic carbocycles. The molecule has 1 aromatic heterocycles. The molecule has 0 spiro atoms. The Morgan fingerprint density at radius 3 is 2.04 bits per heavy atom. The van der Waals surface area contributed by atoms with Crippen molar-refractivity contribution >= 4 is 23.2 Å². The average molecular weight is 330 g/mol. The molecule has 23 heavy (non-hydrogen) atoms. The highest BCUT2D eigenvalue weighted by molar-refractivity contribution is 7.12. The molecule has 0 aromatic carbocycles. The molecule has 2 amide bonds. The number of hydrogen-bond acceptors (Lipinski definition) is 3. The van der Waals surface area contributed by atoms with Crippen LogP contribution in [0.2, 0.25) is 0 Å². The molecule has 0 N–H and O–H groups in total. The van der Waals surface area contributed by atoms with E-state index in [2.05, 4.69) is 0 Å². The van der Waals surface area contributed by atoms with Gasteiger partial charge in [-0.15, -0.1) is 11.3 Å². The summed E-state index contributed by atoms with van der Waals surface area (Å²) >= 11 is 1.44. The molecule has 4 nitrogen and oxygen atoms in total. The number of carbonyl (C=O) groups is 2. The van der Waals surface area contributed by atoms with Gasteiger partial charge < -0.3 is 9.80 Å². The van der Waals surface area contributed by atoms with Crippen LogP contribution in [-0.4, -0.2) is 46.8 Å². The average Bonchev–Trinajstić information content (AvgIpc) is 3.39. The maximum absolute atomic E-state index is 12.7. The maximum Gasteiger partial charge on any atom is 0.264 e. The molecule has 0 radical (unpaired) electrons. The zero-order valence-corrected chi connectivity index (χ0v) is 14.1. The first-order chi connectivity index (χ1) is 11.2. The van der Waals surface area contributed by atoms with Crippen LogP contribution >= 0.6 is 11.3 Å². The Labute approximate surface area is 140 Å². The quantitative estimate of drug-likeness (QED) is 0.836. The molecule has 2 aliphatic heterocycles. The summed E-state index contributed by atoms with van der Waals surface area (Å²) in [5, 5.41) is 1.88. The fourth-order valence-corrected chi connectivity index (χ4v) is 6.05. The maximum atomic E-state index is 12.7. The number of amides is 2. The molecule has 4 aliphatic rings. The fourth-order valence-electron chi connectivity index (χ4n) is 5.21. The van der Waals surface area contributed by atoms with Gasteiger partial charge in [-0.3, -0.25) is 9.59 Å². The van der Waals surface area contributed by atoms with E-state index in [1.807, 2.05) is 21.2 Å². The highest BCUT2D eigenvalue weighted by Crippen LogP contribution is 2.40. The largest absolute Gasteiger partial charge is 0.335 e. The van der Waals surface area contributed by atoms with Crippen LogP contribution in [0.15, 0.2) is 11.4 Å². The highest BCUT2D eigenvalue weighted by Gasteiger charge is 2.42. The van der Waals surface area contributed by atoms with Crippen molar-refractivity contribution in [2.24, 2.45) is 11.8 Å². The summed E-state index contributed by atoms with van der Waals surface area (Å²) in [6.07, 6.45) is 7.23. The van der Waals surface area contributed by atoms with Crippen LogP contribution < -0.4 is 0 Å². The second-order valence-electron chi connectivity index (χ2n) is 7.78. The third kappa shape index (κ3) is 2.16. The van der Waals surface area contributed by atoms with Gasteiger partial charge in [0.15, 0.2) is 0 Å². The summed E-state index contributed by atoms with van der Waals surface area (Å²) in [5.74, 6) is 1.70. The zero-order chi connectivity index (χ0) is 15.6. The molecule has 3 heterocycles. The zero-order valence-electron chi connectivity index (χ0n) is 13.2. The van der Waals surface area contributed by atoms with Crippen LogP contribution in [0.5, 0.6) is 0 Å². The van der Waals surface area contributed by atoms with Crippen LogP contribution in [0.3, 0.4) is 0 Å². The van der Waals surface area contributed by atoms with Crippen LogP contribution in [0.4, 0.5) is 0 Å². The Hall–Kier alpha value is -1.36. The fraction of sp³-hybridized carbons (Fsp3) is 0.667. The summed E-state index contributed by atoms with van der Waals surface area (Å²) in [6.45, 7) is 1.83. The van der Waals surface area contributed by atoms with Crippen LogP contribution in [0.1, 0.15) is 58.6 Å². The number of carbonyl (C=O) groups excluding carboxylic acids is 2. The summed E-state index contributed by atoms with van der Waals surface area (Å²) < 4.78 is 0. The van der Waals surface area contributed by atoms with Crippen LogP contribution in [0, 0.1) is 11.8 Å². The van der Waals surface area contributed by atoms with E-state index in [0.29, 0.717) is 23.9 Å². The van der Waals surface area contributed by atoms with Crippen molar-refractivity contribution in [1.82, 2.24) is 9.80 Å². The summed E-state index contributed by atoms with van der Waals surface area (Å²) in [7, 11) is 0. The molecular weight excluding hydrogens is 308 g/mol. The van der Waals surface area contributed by atoms with Gasteiger partial charge in [-0.25, -0.2) is 0 Å².